The van der Waals surface area contributed by atoms with E-state index in [1.165, 1.54) is 69.2 Å². The predicted octanol–water partition coefficient (Wildman–Crippen LogP) is 12.8. The van der Waals surface area contributed by atoms with E-state index in [9.17, 15) is 0 Å². The molecule has 12 rings (SSSR count). The topological polar surface area (TPSA) is 35.6 Å². The summed E-state index contributed by atoms with van der Waals surface area (Å²) in [5.74, 6) is 0.739. The average Bonchev–Trinajstić information content (AvgIpc) is 3.86. The summed E-state index contributed by atoms with van der Waals surface area (Å²) in [4.78, 5) is 13.1. The minimum Gasteiger partial charge on any atom is -0.295 e. The maximum Gasteiger partial charge on any atom is 0.160 e. The first-order valence-electron chi connectivity index (χ1n) is 17.4. The highest BCUT2D eigenvalue weighted by Crippen LogP contribution is 2.50. The molecule has 0 saturated heterocycles. The van der Waals surface area contributed by atoms with Crippen LogP contribution in [-0.4, -0.2) is 19.1 Å². The lowest BCUT2D eigenvalue weighted by molar-refractivity contribution is 1.03. The van der Waals surface area contributed by atoms with Crippen molar-refractivity contribution in [1.82, 2.24) is 19.1 Å². The number of hydrogen-bond acceptors (Lipinski definition) is 4. The van der Waals surface area contributed by atoms with Gasteiger partial charge < -0.3 is 0 Å². The van der Waals surface area contributed by atoms with Crippen LogP contribution in [0.2, 0.25) is 0 Å². The molecule has 7 aromatic carbocycles. The third-order valence-electron chi connectivity index (χ3n) is 10.5. The quantitative estimate of drug-likeness (QED) is 0.184. The van der Waals surface area contributed by atoms with Crippen LogP contribution in [0.1, 0.15) is 0 Å². The molecule has 0 amide bonds. The van der Waals surface area contributed by atoms with Gasteiger partial charge in [0.1, 0.15) is 5.65 Å². The summed E-state index contributed by atoms with van der Waals surface area (Å²) in [5.41, 5.74) is 10.1. The standard InChI is InChI=1S/C46H26N4S2/c1-2-13-31(14-3-1)49-35-18-8-6-15-32(35)40-34-17-10-20-38-43(34)50(46(40)49)36-24-23-30(26-39(36)51-38)45-47-41(29-22-21-27-11-4-5-12-28(27)25-29)44-42(48-45)33-16-7-9-19-37(33)52-44/h1-26H. The molecule has 1 aliphatic rings. The number of benzene rings is 7. The summed E-state index contributed by atoms with van der Waals surface area (Å²) in [7, 11) is 0. The molecule has 0 unspecified atom stereocenters. The number of thiophene rings is 1. The van der Waals surface area contributed by atoms with Crippen molar-refractivity contribution in [3.05, 3.63) is 158 Å². The van der Waals surface area contributed by atoms with Gasteiger partial charge in [0.2, 0.25) is 0 Å². The first-order chi connectivity index (χ1) is 25.8. The van der Waals surface area contributed by atoms with E-state index in [1.807, 2.05) is 11.8 Å². The van der Waals surface area contributed by atoms with Crippen molar-refractivity contribution in [1.29, 1.82) is 0 Å². The van der Waals surface area contributed by atoms with Gasteiger partial charge in [-0.25, -0.2) is 9.97 Å². The number of aromatic nitrogens is 4. The van der Waals surface area contributed by atoms with Gasteiger partial charge in [0.05, 0.1) is 32.6 Å². The molecule has 52 heavy (non-hydrogen) atoms. The second kappa shape index (κ2) is 10.7. The monoisotopic (exact) mass is 698 g/mol. The summed E-state index contributed by atoms with van der Waals surface area (Å²) in [6.45, 7) is 0. The van der Waals surface area contributed by atoms with E-state index >= 15 is 0 Å². The zero-order valence-electron chi connectivity index (χ0n) is 27.6. The zero-order valence-corrected chi connectivity index (χ0v) is 29.2. The Balaban J connectivity index is 1.11. The summed E-state index contributed by atoms with van der Waals surface area (Å²) in [6.07, 6.45) is 0. The number of hydrogen-bond donors (Lipinski definition) is 0. The minimum absolute atomic E-state index is 0.739. The van der Waals surface area contributed by atoms with Gasteiger partial charge in [-0.15, -0.1) is 11.3 Å². The fraction of sp³-hybridized carbons (Fsp3) is 0. The SMILES string of the molecule is c1ccc(-n2c3ccccc3c3c4cccc5c4n(c32)-c2ccc(-c3nc(-c4ccc6ccccc6c4)c4sc6ccccc6c4n3)cc2S5)cc1. The molecular formula is C46H26N4S2. The molecule has 0 bridgehead atoms. The third kappa shape index (κ3) is 3.93. The Labute approximate surface area is 306 Å². The molecular weight excluding hydrogens is 673 g/mol. The van der Waals surface area contributed by atoms with Gasteiger partial charge >= 0.3 is 0 Å². The number of rotatable bonds is 3. The van der Waals surface area contributed by atoms with Gasteiger partial charge in [0.15, 0.2) is 5.82 Å². The molecule has 242 valence electrons. The Morgan fingerprint density at radius 2 is 1.29 bits per heavy atom. The van der Waals surface area contributed by atoms with Gasteiger partial charge in [0, 0.05) is 52.9 Å². The van der Waals surface area contributed by atoms with E-state index in [2.05, 4.69) is 167 Å². The van der Waals surface area contributed by atoms with Crippen molar-refractivity contribution in [2.45, 2.75) is 9.79 Å². The van der Waals surface area contributed by atoms with Crippen LogP contribution in [0.5, 0.6) is 0 Å². The van der Waals surface area contributed by atoms with Crippen LogP contribution in [0.4, 0.5) is 0 Å². The molecule has 6 heteroatoms. The molecule has 0 saturated carbocycles. The second-order valence-electron chi connectivity index (χ2n) is 13.4. The summed E-state index contributed by atoms with van der Waals surface area (Å²) in [5, 5.41) is 7.42. The normalized spacial score (nSPS) is 12.5. The molecule has 5 heterocycles. The molecule has 1 aliphatic heterocycles. The molecule has 0 radical (unpaired) electrons. The lowest BCUT2D eigenvalue weighted by atomic mass is 10.0. The second-order valence-corrected chi connectivity index (χ2v) is 15.5. The van der Waals surface area contributed by atoms with E-state index < -0.39 is 0 Å². The van der Waals surface area contributed by atoms with Crippen molar-refractivity contribution in [3.8, 4) is 34.0 Å². The van der Waals surface area contributed by atoms with E-state index in [0.717, 1.165) is 38.5 Å². The van der Waals surface area contributed by atoms with E-state index in [-0.39, 0.29) is 0 Å². The van der Waals surface area contributed by atoms with Crippen LogP contribution in [0.3, 0.4) is 0 Å². The highest BCUT2D eigenvalue weighted by Gasteiger charge is 2.28. The largest absolute Gasteiger partial charge is 0.295 e. The molecule has 0 spiro atoms. The highest BCUT2D eigenvalue weighted by atomic mass is 32.2. The minimum atomic E-state index is 0.739. The number of nitrogens with zero attached hydrogens (tertiary/aromatic N) is 4. The molecule has 0 aliphatic carbocycles. The van der Waals surface area contributed by atoms with Crippen LogP contribution < -0.4 is 0 Å². The number of para-hydroxylation sites is 3. The zero-order chi connectivity index (χ0) is 33.9. The molecule has 4 nitrogen and oxygen atoms in total. The molecule has 11 aromatic rings. The Morgan fingerprint density at radius 3 is 2.21 bits per heavy atom. The van der Waals surface area contributed by atoms with Crippen LogP contribution in [0.15, 0.2) is 168 Å². The average molecular weight is 699 g/mol. The summed E-state index contributed by atoms with van der Waals surface area (Å²) >= 11 is 3.61. The molecule has 0 fully saturated rings. The Morgan fingerprint density at radius 1 is 0.519 bits per heavy atom. The summed E-state index contributed by atoms with van der Waals surface area (Å²) in [6, 6.07) is 56.8. The van der Waals surface area contributed by atoms with Crippen molar-refractivity contribution in [3.63, 3.8) is 0 Å². The summed E-state index contributed by atoms with van der Waals surface area (Å²) < 4.78 is 7.25. The predicted molar refractivity (Wildman–Crippen MR) is 219 cm³/mol. The Kier molecular flexibility index (Phi) is 5.84. The van der Waals surface area contributed by atoms with Gasteiger partial charge in [-0.2, -0.15) is 0 Å². The maximum atomic E-state index is 5.38. The first kappa shape index (κ1) is 28.5. The van der Waals surface area contributed by atoms with E-state index in [1.54, 1.807) is 11.3 Å². The van der Waals surface area contributed by atoms with Crippen LogP contribution in [0.25, 0.3) is 97.9 Å². The van der Waals surface area contributed by atoms with Gasteiger partial charge in [-0.3, -0.25) is 9.13 Å². The maximum absolute atomic E-state index is 5.38. The van der Waals surface area contributed by atoms with Crippen molar-refractivity contribution in [2.75, 3.05) is 0 Å². The van der Waals surface area contributed by atoms with Gasteiger partial charge in [-0.1, -0.05) is 115 Å². The van der Waals surface area contributed by atoms with Gasteiger partial charge in [0.25, 0.3) is 0 Å². The Bertz CT molecular complexity index is 3280. The fourth-order valence-electron chi connectivity index (χ4n) is 8.21. The van der Waals surface area contributed by atoms with Crippen molar-refractivity contribution >= 4 is 87.0 Å². The van der Waals surface area contributed by atoms with Crippen LogP contribution in [-0.2, 0) is 0 Å². The highest BCUT2D eigenvalue weighted by molar-refractivity contribution is 7.99. The fourth-order valence-corrected chi connectivity index (χ4v) is 10.5. The van der Waals surface area contributed by atoms with Crippen molar-refractivity contribution < 1.29 is 0 Å². The van der Waals surface area contributed by atoms with E-state index in [4.69, 9.17) is 9.97 Å². The third-order valence-corrected chi connectivity index (χ3v) is 12.8. The molecule has 4 aromatic heterocycles. The van der Waals surface area contributed by atoms with Crippen molar-refractivity contribution in [2.24, 2.45) is 0 Å². The number of fused-ring (bicyclic) bond motifs is 11. The first-order valence-corrected chi connectivity index (χ1v) is 19.0. The van der Waals surface area contributed by atoms with Gasteiger partial charge in [-0.05, 0) is 65.4 Å². The Hall–Kier alpha value is -6.21. The lowest BCUT2D eigenvalue weighted by Crippen LogP contribution is -2.06. The molecule has 0 atom stereocenters. The molecule has 0 N–H and O–H groups in total. The smallest absolute Gasteiger partial charge is 0.160 e. The van der Waals surface area contributed by atoms with Crippen LogP contribution >= 0.6 is 23.1 Å². The lowest BCUT2D eigenvalue weighted by Gasteiger charge is -2.22. The van der Waals surface area contributed by atoms with E-state index in [0.29, 0.717) is 0 Å². The van der Waals surface area contributed by atoms with Crippen LogP contribution in [0, 0.1) is 0 Å².